The molecule has 1 aliphatic heterocycles. The van der Waals surface area contributed by atoms with Crippen molar-refractivity contribution in [2.75, 3.05) is 20.2 Å². The van der Waals surface area contributed by atoms with E-state index in [9.17, 15) is 4.79 Å². The fourth-order valence-corrected chi connectivity index (χ4v) is 3.46. The van der Waals surface area contributed by atoms with Crippen LogP contribution >= 0.6 is 0 Å². The summed E-state index contributed by atoms with van der Waals surface area (Å²) in [6.45, 7) is 7.73. The number of carbonyl (C=O) groups is 1. The van der Waals surface area contributed by atoms with E-state index in [2.05, 4.69) is 15.2 Å². The zero-order valence-corrected chi connectivity index (χ0v) is 17.7. The van der Waals surface area contributed by atoms with E-state index in [1.165, 1.54) is 0 Å². The van der Waals surface area contributed by atoms with E-state index < -0.39 is 5.60 Å². The summed E-state index contributed by atoms with van der Waals surface area (Å²) in [5.41, 5.74) is 0.470. The van der Waals surface area contributed by atoms with Gasteiger partial charge in [0.15, 0.2) is 5.76 Å². The lowest BCUT2D eigenvalue weighted by Gasteiger charge is -2.35. The standard InChI is InChI=1S/C22H31N3O4/c1-22(2,3)29-21(26)24-13-17-7-5-6-12-25(17)15-20-23-14-19(28-20)16-8-10-18(27-4)11-9-16/h8-11,14,17H,5-7,12-13,15H2,1-4H3,(H,24,26). The summed E-state index contributed by atoms with van der Waals surface area (Å²) in [7, 11) is 1.65. The molecular formula is C22H31N3O4. The Morgan fingerprint density at radius 2 is 2.03 bits per heavy atom. The predicted octanol–water partition coefficient (Wildman–Crippen LogP) is 4.23. The number of nitrogens with one attached hydrogen (secondary N) is 1. The molecule has 1 aliphatic rings. The van der Waals surface area contributed by atoms with Gasteiger partial charge in [0.2, 0.25) is 5.89 Å². The molecule has 0 saturated carbocycles. The highest BCUT2D eigenvalue weighted by Crippen LogP contribution is 2.25. The fourth-order valence-electron chi connectivity index (χ4n) is 3.46. The molecule has 0 aliphatic carbocycles. The number of hydrogen-bond donors (Lipinski definition) is 1. The van der Waals surface area contributed by atoms with Gasteiger partial charge in [0.1, 0.15) is 11.4 Å². The Kier molecular flexibility index (Phi) is 6.79. The first-order valence-corrected chi connectivity index (χ1v) is 10.1. The summed E-state index contributed by atoms with van der Waals surface area (Å²) in [6, 6.07) is 7.96. The number of alkyl carbamates (subject to hydrolysis) is 1. The van der Waals surface area contributed by atoms with E-state index in [1.54, 1.807) is 13.3 Å². The average Bonchev–Trinajstić information content (AvgIpc) is 3.14. The normalized spacial score (nSPS) is 17.7. The SMILES string of the molecule is COc1ccc(-c2cnc(CN3CCCCC3CNC(=O)OC(C)(C)C)o2)cc1. The van der Waals surface area contributed by atoms with Gasteiger partial charge in [-0.05, 0) is 64.4 Å². The van der Waals surface area contributed by atoms with Crippen LogP contribution in [-0.4, -0.2) is 47.8 Å². The van der Waals surface area contributed by atoms with Gasteiger partial charge in [0.25, 0.3) is 0 Å². The van der Waals surface area contributed by atoms with Gasteiger partial charge in [-0.1, -0.05) is 6.42 Å². The monoisotopic (exact) mass is 401 g/mol. The quantitative estimate of drug-likeness (QED) is 0.781. The van der Waals surface area contributed by atoms with Crippen molar-refractivity contribution in [3.63, 3.8) is 0 Å². The first kappa shape index (κ1) is 21.2. The van der Waals surface area contributed by atoms with Gasteiger partial charge >= 0.3 is 6.09 Å². The average molecular weight is 402 g/mol. The molecule has 2 aromatic rings. The molecule has 158 valence electrons. The summed E-state index contributed by atoms with van der Waals surface area (Å²) in [4.78, 5) is 18.8. The highest BCUT2D eigenvalue weighted by molar-refractivity contribution is 5.67. The Morgan fingerprint density at radius 1 is 1.28 bits per heavy atom. The second-order valence-electron chi connectivity index (χ2n) is 8.35. The van der Waals surface area contributed by atoms with Crippen LogP contribution in [0.25, 0.3) is 11.3 Å². The molecule has 1 fully saturated rings. The topological polar surface area (TPSA) is 76.8 Å². The molecule has 7 nitrogen and oxygen atoms in total. The molecule has 7 heteroatoms. The van der Waals surface area contributed by atoms with Crippen LogP contribution < -0.4 is 10.1 Å². The van der Waals surface area contributed by atoms with Crippen LogP contribution in [0.4, 0.5) is 4.79 Å². The molecule has 1 atom stereocenters. The van der Waals surface area contributed by atoms with Crippen LogP contribution in [0.3, 0.4) is 0 Å². The van der Waals surface area contributed by atoms with Crippen molar-refractivity contribution in [3.8, 4) is 17.1 Å². The molecule has 1 aromatic heterocycles. The van der Waals surface area contributed by atoms with Crippen molar-refractivity contribution in [1.29, 1.82) is 0 Å². The van der Waals surface area contributed by atoms with Crippen molar-refractivity contribution in [1.82, 2.24) is 15.2 Å². The van der Waals surface area contributed by atoms with E-state index in [0.717, 1.165) is 42.9 Å². The maximum Gasteiger partial charge on any atom is 0.407 e. The number of amides is 1. The summed E-state index contributed by atoms with van der Waals surface area (Å²) >= 11 is 0. The molecule has 2 heterocycles. The van der Waals surface area contributed by atoms with E-state index >= 15 is 0 Å². The number of nitrogens with zero attached hydrogens (tertiary/aromatic N) is 2. The molecule has 1 amide bonds. The number of benzene rings is 1. The zero-order valence-electron chi connectivity index (χ0n) is 17.7. The summed E-state index contributed by atoms with van der Waals surface area (Å²) in [5, 5.41) is 2.90. The smallest absolute Gasteiger partial charge is 0.407 e. The molecule has 1 saturated heterocycles. The van der Waals surface area contributed by atoms with Gasteiger partial charge in [-0.15, -0.1) is 0 Å². The highest BCUT2D eigenvalue weighted by atomic mass is 16.6. The molecule has 0 bridgehead atoms. The molecular weight excluding hydrogens is 370 g/mol. The van der Waals surface area contributed by atoms with Crippen LogP contribution in [0.2, 0.25) is 0 Å². The van der Waals surface area contributed by atoms with Crippen LogP contribution in [0.15, 0.2) is 34.9 Å². The van der Waals surface area contributed by atoms with Gasteiger partial charge in [0.05, 0.1) is 19.9 Å². The van der Waals surface area contributed by atoms with Crippen molar-refractivity contribution in [2.45, 2.75) is 58.2 Å². The number of piperidine rings is 1. The third kappa shape index (κ3) is 6.22. The van der Waals surface area contributed by atoms with Crippen LogP contribution in [0, 0.1) is 0 Å². The van der Waals surface area contributed by atoms with Crippen LogP contribution in [0.1, 0.15) is 45.9 Å². The lowest BCUT2D eigenvalue weighted by atomic mass is 10.0. The minimum atomic E-state index is -0.494. The molecule has 0 radical (unpaired) electrons. The number of oxazole rings is 1. The van der Waals surface area contributed by atoms with E-state index in [4.69, 9.17) is 13.9 Å². The van der Waals surface area contributed by atoms with E-state index in [0.29, 0.717) is 19.0 Å². The largest absolute Gasteiger partial charge is 0.497 e. The highest BCUT2D eigenvalue weighted by Gasteiger charge is 2.25. The molecule has 3 rings (SSSR count). The fraction of sp³-hybridized carbons (Fsp3) is 0.545. The number of ether oxygens (including phenoxy) is 2. The van der Waals surface area contributed by atoms with E-state index in [-0.39, 0.29) is 12.1 Å². The first-order valence-electron chi connectivity index (χ1n) is 10.1. The maximum atomic E-state index is 12.0. The van der Waals surface area contributed by atoms with Crippen molar-refractivity contribution in [2.24, 2.45) is 0 Å². The van der Waals surface area contributed by atoms with Gasteiger partial charge < -0.3 is 19.2 Å². The Labute approximate surface area is 172 Å². The molecule has 1 aromatic carbocycles. The lowest BCUT2D eigenvalue weighted by Crippen LogP contribution is -2.47. The third-order valence-electron chi connectivity index (χ3n) is 4.90. The Bertz CT molecular complexity index is 795. The third-order valence-corrected chi connectivity index (χ3v) is 4.90. The van der Waals surface area contributed by atoms with Gasteiger partial charge in [-0.2, -0.15) is 0 Å². The second kappa shape index (κ2) is 9.31. The number of rotatable bonds is 6. The van der Waals surface area contributed by atoms with Gasteiger partial charge in [0, 0.05) is 18.2 Å². The van der Waals surface area contributed by atoms with Crippen LogP contribution in [-0.2, 0) is 11.3 Å². The van der Waals surface area contributed by atoms with Gasteiger partial charge in [-0.25, -0.2) is 9.78 Å². The lowest BCUT2D eigenvalue weighted by molar-refractivity contribution is 0.0488. The molecule has 1 N–H and O–H groups in total. The second-order valence-corrected chi connectivity index (χ2v) is 8.35. The minimum Gasteiger partial charge on any atom is -0.497 e. The van der Waals surface area contributed by atoms with Crippen molar-refractivity contribution >= 4 is 6.09 Å². The number of likely N-dealkylation sites (tertiary alicyclic amines) is 1. The Balaban J connectivity index is 1.58. The van der Waals surface area contributed by atoms with Crippen molar-refractivity contribution in [3.05, 3.63) is 36.4 Å². The Morgan fingerprint density at radius 3 is 2.72 bits per heavy atom. The van der Waals surface area contributed by atoms with Gasteiger partial charge in [-0.3, -0.25) is 4.90 Å². The number of hydrogen-bond acceptors (Lipinski definition) is 6. The molecule has 1 unspecified atom stereocenters. The van der Waals surface area contributed by atoms with Crippen LogP contribution in [0.5, 0.6) is 5.75 Å². The number of aromatic nitrogens is 1. The predicted molar refractivity (Wildman–Crippen MR) is 111 cm³/mol. The summed E-state index contributed by atoms with van der Waals surface area (Å²) < 4.78 is 16.5. The first-order chi connectivity index (χ1) is 13.8. The minimum absolute atomic E-state index is 0.243. The van der Waals surface area contributed by atoms with E-state index in [1.807, 2.05) is 45.0 Å². The summed E-state index contributed by atoms with van der Waals surface area (Å²) in [5.74, 6) is 2.23. The number of methoxy groups -OCH3 is 1. The summed E-state index contributed by atoms with van der Waals surface area (Å²) in [6.07, 6.45) is 4.70. The maximum absolute atomic E-state index is 12.0. The Hall–Kier alpha value is -2.54. The molecule has 29 heavy (non-hydrogen) atoms. The zero-order chi connectivity index (χ0) is 20.9. The molecule has 0 spiro atoms. The van der Waals surface area contributed by atoms with Crippen molar-refractivity contribution < 1.29 is 18.7 Å². The number of carbonyl (C=O) groups excluding carboxylic acids is 1.